The van der Waals surface area contributed by atoms with Crippen LogP contribution < -0.4 is 5.32 Å². The number of alkyl halides is 3. The third kappa shape index (κ3) is 4.31. The van der Waals surface area contributed by atoms with Gasteiger partial charge in [-0.25, -0.2) is 0 Å². The van der Waals surface area contributed by atoms with Crippen LogP contribution in [0.3, 0.4) is 0 Å². The van der Waals surface area contributed by atoms with Crippen molar-refractivity contribution in [2.24, 2.45) is 0 Å². The lowest BCUT2D eigenvalue weighted by molar-refractivity contribution is -0.215. The highest BCUT2D eigenvalue weighted by Gasteiger charge is 2.37. The molecular weight excluding hydrogens is 243 g/mol. The molecule has 0 fully saturated rings. The molecule has 0 saturated carbocycles. The number of rotatable bonds is 5. The fourth-order valence-electron chi connectivity index (χ4n) is 1.48. The minimum atomic E-state index is -4.31. The zero-order valence-electron chi connectivity index (χ0n) is 10.7. The third-order valence-corrected chi connectivity index (χ3v) is 2.80. The van der Waals surface area contributed by atoms with E-state index in [0.29, 0.717) is 0 Å². The Labute approximate surface area is 105 Å². The molecule has 2 unspecified atom stereocenters. The zero-order chi connectivity index (χ0) is 13.8. The summed E-state index contributed by atoms with van der Waals surface area (Å²) in [7, 11) is 1.70. The molecule has 0 aliphatic carbocycles. The van der Waals surface area contributed by atoms with Crippen molar-refractivity contribution in [1.82, 2.24) is 5.32 Å². The molecule has 1 aromatic carbocycles. The summed E-state index contributed by atoms with van der Waals surface area (Å²) in [5.74, 6) is 0. The fourth-order valence-corrected chi connectivity index (χ4v) is 1.48. The fraction of sp³-hybridized carbons (Fsp3) is 0.538. The van der Waals surface area contributed by atoms with E-state index in [0.717, 1.165) is 18.1 Å². The Hall–Kier alpha value is -1.07. The van der Waals surface area contributed by atoms with E-state index in [2.05, 4.69) is 5.32 Å². The summed E-state index contributed by atoms with van der Waals surface area (Å²) in [6, 6.07) is 7.38. The second-order valence-corrected chi connectivity index (χ2v) is 4.27. The van der Waals surface area contributed by atoms with Gasteiger partial charge in [-0.3, -0.25) is 0 Å². The summed E-state index contributed by atoms with van der Waals surface area (Å²) in [5, 5.41) is 2.95. The van der Waals surface area contributed by atoms with Crippen molar-refractivity contribution in [3.63, 3.8) is 0 Å². The van der Waals surface area contributed by atoms with Crippen LogP contribution in [0.15, 0.2) is 24.3 Å². The van der Waals surface area contributed by atoms with Crippen LogP contribution in [0.4, 0.5) is 13.2 Å². The molecule has 102 valence electrons. The average molecular weight is 261 g/mol. The summed E-state index contributed by atoms with van der Waals surface area (Å²) < 4.78 is 41.8. The van der Waals surface area contributed by atoms with Crippen LogP contribution in [0.5, 0.6) is 0 Å². The van der Waals surface area contributed by atoms with Crippen molar-refractivity contribution >= 4 is 0 Å². The van der Waals surface area contributed by atoms with Gasteiger partial charge in [0.05, 0.1) is 12.6 Å². The average Bonchev–Trinajstić information content (AvgIpc) is 2.30. The van der Waals surface area contributed by atoms with Crippen molar-refractivity contribution in [2.75, 3.05) is 13.7 Å². The number of hydrogen-bond acceptors (Lipinski definition) is 2. The first-order valence-corrected chi connectivity index (χ1v) is 5.76. The Morgan fingerprint density at radius 2 is 1.78 bits per heavy atom. The van der Waals surface area contributed by atoms with Crippen LogP contribution in [0, 0.1) is 6.92 Å². The minimum Gasteiger partial charge on any atom is -0.367 e. The van der Waals surface area contributed by atoms with E-state index >= 15 is 0 Å². The molecule has 0 aromatic heterocycles. The largest absolute Gasteiger partial charge is 0.414 e. The molecule has 1 N–H and O–H groups in total. The molecule has 0 bridgehead atoms. The van der Waals surface area contributed by atoms with Crippen LogP contribution in [0.2, 0.25) is 0 Å². The Morgan fingerprint density at radius 1 is 1.22 bits per heavy atom. The maximum absolute atomic E-state index is 12.3. The van der Waals surface area contributed by atoms with Crippen molar-refractivity contribution < 1.29 is 17.9 Å². The summed E-state index contributed by atoms with van der Waals surface area (Å²) in [4.78, 5) is 0. The van der Waals surface area contributed by atoms with E-state index in [1.807, 2.05) is 31.2 Å². The highest BCUT2D eigenvalue weighted by Crippen LogP contribution is 2.24. The SMILES string of the molecule is CNC(COC(C)C(F)(F)F)c1ccc(C)cc1. The van der Waals surface area contributed by atoms with E-state index in [1.54, 1.807) is 7.05 Å². The molecule has 0 aliphatic heterocycles. The normalized spacial score (nSPS) is 15.4. The number of benzene rings is 1. The van der Waals surface area contributed by atoms with Gasteiger partial charge < -0.3 is 10.1 Å². The second kappa shape index (κ2) is 6.20. The second-order valence-electron chi connectivity index (χ2n) is 4.27. The Kier molecular flexibility index (Phi) is 5.16. The third-order valence-electron chi connectivity index (χ3n) is 2.80. The molecule has 1 aromatic rings. The van der Waals surface area contributed by atoms with Gasteiger partial charge in [-0.1, -0.05) is 29.8 Å². The topological polar surface area (TPSA) is 21.3 Å². The van der Waals surface area contributed by atoms with Crippen molar-refractivity contribution in [2.45, 2.75) is 32.2 Å². The van der Waals surface area contributed by atoms with Crippen LogP contribution >= 0.6 is 0 Å². The predicted molar refractivity (Wildman–Crippen MR) is 64.4 cm³/mol. The lowest BCUT2D eigenvalue weighted by atomic mass is 10.1. The number of hydrogen-bond donors (Lipinski definition) is 1. The highest BCUT2D eigenvalue weighted by atomic mass is 19.4. The van der Waals surface area contributed by atoms with Gasteiger partial charge in [0, 0.05) is 0 Å². The predicted octanol–water partition coefficient (Wildman–Crippen LogP) is 3.22. The van der Waals surface area contributed by atoms with Crippen molar-refractivity contribution in [3.05, 3.63) is 35.4 Å². The Morgan fingerprint density at radius 3 is 2.22 bits per heavy atom. The van der Waals surface area contributed by atoms with E-state index in [4.69, 9.17) is 4.74 Å². The smallest absolute Gasteiger partial charge is 0.367 e. The minimum absolute atomic E-state index is 0.0137. The first-order valence-electron chi connectivity index (χ1n) is 5.76. The molecule has 0 spiro atoms. The first kappa shape index (κ1) is 15.0. The van der Waals surface area contributed by atoms with Crippen molar-refractivity contribution in [3.8, 4) is 0 Å². The van der Waals surface area contributed by atoms with E-state index < -0.39 is 12.3 Å². The lowest BCUT2D eigenvalue weighted by Gasteiger charge is -2.21. The van der Waals surface area contributed by atoms with Crippen molar-refractivity contribution in [1.29, 1.82) is 0 Å². The van der Waals surface area contributed by atoms with Gasteiger partial charge in [0.1, 0.15) is 0 Å². The molecular formula is C13H18F3NO. The molecule has 2 atom stereocenters. The highest BCUT2D eigenvalue weighted by molar-refractivity contribution is 5.24. The van der Waals surface area contributed by atoms with Gasteiger partial charge in [-0.15, -0.1) is 0 Å². The van der Waals surface area contributed by atoms with Gasteiger partial charge in [0.2, 0.25) is 0 Å². The summed E-state index contributed by atoms with van der Waals surface area (Å²) in [5.41, 5.74) is 2.02. The Balaban J connectivity index is 2.60. The van der Waals surface area contributed by atoms with Crippen LogP contribution in [0.25, 0.3) is 0 Å². The molecule has 0 radical (unpaired) electrons. The lowest BCUT2D eigenvalue weighted by Crippen LogP contribution is -2.32. The molecule has 18 heavy (non-hydrogen) atoms. The molecule has 0 heterocycles. The van der Waals surface area contributed by atoms with Gasteiger partial charge in [-0.2, -0.15) is 13.2 Å². The van der Waals surface area contributed by atoms with Crippen LogP contribution in [-0.2, 0) is 4.74 Å². The zero-order valence-corrected chi connectivity index (χ0v) is 10.7. The molecule has 2 nitrogen and oxygen atoms in total. The van der Waals surface area contributed by atoms with E-state index in [9.17, 15) is 13.2 Å². The van der Waals surface area contributed by atoms with Crippen LogP contribution in [0.1, 0.15) is 24.1 Å². The van der Waals surface area contributed by atoms with Gasteiger partial charge in [0.15, 0.2) is 6.10 Å². The molecule has 0 saturated heterocycles. The number of nitrogens with one attached hydrogen (secondary N) is 1. The first-order chi connectivity index (χ1) is 8.34. The van der Waals surface area contributed by atoms with Gasteiger partial charge in [-0.05, 0) is 26.5 Å². The number of ether oxygens (including phenoxy) is 1. The standard InChI is InChI=1S/C13H18F3NO/c1-9-4-6-11(7-5-9)12(17-3)8-18-10(2)13(14,15)16/h4-7,10,12,17H,8H2,1-3H3. The molecule has 1 rings (SSSR count). The maximum Gasteiger partial charge on any atom is 0.414 e. The molecule has 5 heteroatoms. The van der Waals surface area contributed by atoms with E-state index in [1.165, 1.54) is 0 Å². The number of halogens is 3. The van der Waals surface area contributed by atoms with Gasteiger partial charge in [0.25, 0.3) is 0 Å². The quantitative estimate of drug-likeness (QED) is 0.878. The number of likely N-dealkylation sites (N-methyl/N-ethyl adjacent to an activating group) is 1. The van der Waals surface area contributed by atoms with Gasteiger partial charge >= 0.3 is 6.18 Å². The van der Waals surface area contributed by atoms with E-state index in [-0.39, 0.29) is 12.6 Å². The maximum atomic E-state index is 12.3. The molecule has 0 amide bonds. The monoisotopic (exact) mass is 261 g/mol. The molecule has 0 aliphatic rings. The summed E-state index contributed by atoms with van der Waals surface area (Å²) in [6.45, 7) is 2.96. The van der Waals surface area contributed by atoms with Crippen LogP contribution in [-0.4, -0.2) is 25.9 Å². The number of aryl methyl sites for hydroxylation is 1. The Bertz CT molecular complexity index is 361. The summed E-state index contributed by atoms with van der Waals surface area (Å²) >= 11 is 0. The summed E-state index contributed by atoms with van der Waals surface area (Å²) in [6.07, 6.45) is -6.07.